The molecule has 0 unspecified atom stereocenters. The zero-order valence-corrected chi connectivity index (χ0v) is 9.45. The van der Waals surface area contributed by atoms with E-state index in [4.69, 9.17) is 26.8 Å². The van der Waals surface area contributed by atoms with Gasteiger partial charge in [-0.2, -0.15) is 0 Å². The fourth-order valence-electron chi connectivity index (χ4n) is 0.266. The van der Waals surface area contributed by atoms with Gasteiger partial charge in [0.1, 0.15) is 0 Å². The molecule has 48 valence electrons. The van der Waals surface area contributed by atoms with Crippen molar-refractivity contribution in [2.24, 2.45) is 0 Å². The standard InChI is InChI=1S/C4H7.3ClH.Sn/c1-3-4-2;;;;/h3H,1-2,4H2;3*1H;/q;;;;+3/p-3. The zero-order chi connectivity index (χ0) is 6.62. The number of rotatable bonds is 3. The van der Waals surface area contributed by atoms with Crippen LogP contribution in [0.3, 0.4) is 0 Å². The Balaban J connectivity index is 3.24. The summed E-state index contributed by atoms with van der Waals surface area (Å²) in [6, 6.07) is 0. The minimum atomic E-state index is -2.96. The first-order valence-corrected chi connectivity index (χ1v) is 15.1. The predicted molar refractivity (Wildman–Crippen MR) is 42.9 cm³/mol. The maximum atomic E-state index is 5.61. The molecule has 0 radical (unpaired) electrons. The molecule has 0 aromatic heterocycles. The Bertz CT molecular complexity index is 75.8. The van der Waals surface area contributed by atoms with Gasteiger partial charge >= 0.3 is 65.3 Å². The van der Waals surface area contributed by atoms with Gasteiger partial charge in [0.05, 0.1) is 0 Å². The van der Waals surface area contributed by atoms with Crippen LogP contribution in [0.2, 0.25) is 4.44 Å². The number of hydrogen-bond acceptors (Lipinski definition) is 0. The van der Waals surface area contributed by atoms with Gasteiger partial charge in [-0.05, 0) is 0 Å². The molecule has 0 fully saturated rings. The quantitative estimate of drug-likeness (QED) is 0.550. The van der Waals surface area contributed by atoms with E-state index in [1.165, 1.54) is 0 Å². The first-order chi connectivity index (χ1) is 3.56. The van der Waals surface area contributed by atoms with E-state index >= 15 is 0 Å². The van der Waals surface area contributed by atoms with Crippen molar-refractivity contribution >= 4 is 41.8 Å². The molecule has 0 aromatic carbocycles. The third kappa shape index (κ3) is 7.41. The summed E-state index contributed by atoms with van der Waals surface area (Å²) in [6.45, 7) is 3.52. The average molecular weight is 280 g/mol. The van der Waals surface area contributed by atoms with E-state index in [1.807, 2.05) is 0 Å². The Kier molecular flexibility index (Phi) is 5.01. The van der Waals surface area contributed by atoms with E-state index in [2.05, 4.69) is 6.58 Å². The van der Waals surface area contributed by atoms with Crippen molar-refractivity contribution in [1.82, 2.24) is 0 Å². The summed E-state index contributed by atoms with van der Waals surface area (Å²) >= 11 is -2.96. The van der Waals surface area contributed by atoms with E-state index < -0.39 is 15.0 Å². The van der Waals surface area contributed by atoms with E-state index in [9.17, 15) is 0 Å². The normalized spacial score (nSPS) is 11.4. The van der Waals surface area contributed by atoms with Crippen molar-refractivity contribution in [3.8, 4) is 0 Å². The molecule has 0 aliphatic rings. The molecule has 0 saturated carbocycles. The van der Waals surface area contributed by atoms with Gasteiger partial charge in [0.15, 0.2) is 0 Å². The van der Waals surface area contributed by atoms with Crippen LogP contribution < -0.4 is 0 Å². The molecule has 0 saturated heterocycles. The van der Waals surface area contributed by atoms with E-state index in [1.54, 1.807) is 6.08 Å². The molecule has 0 amide bonds. The van der Waals surface area contributed by atoms with Crippen LogP contribution in [0, 0.1) is 0 Å². The summed E-state index contributed by atoms with van der Waals surface area (Å²) < 4.78 is 0.753. The minimum absolute atomic E-state index is 0.753. The molecule has 0 aliphatic carbocycles. The summed E-state index contributed by atoms with van der Waals surface area (Å²) in [5, 5.41) is 0. The van der Waals surface area contributed by atoms with Crippen LogP contribution in [-0.4, -0.2) is 15.0 Å². The van der Waals surface area contributed by atoms with E-state index in [-0.39, 0.29) is 0 Å². The second-order valence-electron chi connectivity index (χ2n) is 1.44. The van der Waals surface area contributed by atoms with E-state index in [0.29, 0.717) is 0 Å². The second kappa shape index (κ2) is 4.26. The topological polar surface area (TPSA) is 0 Å². The molecule has 0 heterocycles. The fraction of sp³-hybridized carbons (Fsp3) is 0.500. The van der Waals surface area contributed by atoms with Gasteiger partial charge in [-0.3, -0.25) is 0 Å². The van der Waals surface area contributed by atoms with Crippen LogP contribution in [-0.2, 0) is 0 Å². The Morgan fingerprint density at radius 3 is 2.00 bits per heavy atom. The van der Waals surface area contributed by atoms with Gasteiger partial charge < -0.3 is 0 Å². The molecule has 0 N–H and O–H groups in total. The molecule has 0 bridgehead atoms. The predicted octanol–water partition coefficient (Wildman–Crippen LogP) is 3.22. The summed E-state index contributed by atoms with van der Waals surface area (Å²) in [7, 11) is 16.8. The molecule has 0 atom stereocenters. The first-order valence-electron chi connectivity index (χ1n) is 2.24. The fourth-order valence-corrected chi connectivity index (χ4v) is 3.98. The van der Waals surface area contributed by atoms with E-state index in [0.717, 1.165) is 10.9 Å². The summed E-state index contributed by atoms with van der Waals surface area (Å²) in [6.07, 6.45) is 2.62. The van der Waals surface area contributed by atoms with Crippen LogP contribution in [0.1, 0.15) is 6.42 Å². The van der Waals surface area contributed by atoms with Crippen molar-refractivity contribution in [2.75, 3.05) is 0 Å². The SMILES string of the molecule is C=CC[CH2][Sn]([Cl])([Cl])[Cl]. The van der Waals surface area contributed by atoms with Gasteiger partial charge in [-0.15, -0.1) is 0 Å². The van der Waals surface area contributed by atoms with Crippen molar-refractivity contribution in [1.29, 1.82) is 0 Å². The molecule has 0 aliphatic heterocycles. The Morgan fingerprint density at radius 2 is 1.88 bits per heavy atom. The second-order valence-corrected chi connectivity index (χ2v) is 23.3. The number of allylic oxidation sites excluding steroid dienone is 1. The summed E-state index contributed by atoms with van der Waals surface area (Å²) in [5.41, 5.74) is 0. The van der Waals surface area contributed by atoms with Crippen LogP contribution >= 0.6 is 26.8 Å². The average Bonchev–Trinajstić information content (AvgIpc) is 1.59. The van der Waals surface area contributed by atoms with Crippen molar-refractivity contribution < 1.29 is 0 Å². The zero-order valence-electron chi connectivity index (χ0n) is 4.33. The summed E-state index contributed by atoms with van der Waals surface area (Å²) in [4.78, 5) is 0. The van der Waals surface area contributed by atoms with Crippen LogP contribution in [0.25, 0.3) is 0 Å². The molecule has 8 heavy (non-hydrogen) atoms. The molecule has 0 spiro atoms. The molecule has 0 rings (SSSR count). The van der Waals surface area contributed by atoms with Crippen LogP contribution in [0.15, 0.2) is 12.7 Å². The maximum absolute atomic E-state index is 5.61. The van der Waals surface area contributed by atoms with Crippen LogP contribution in [0.5, 0.6) is 0 Å². The summed E-state index contributed by atoms with van der Waals surface area (Å²) in [5.74, 6) is 0. The van der Waals surface area contributed by atoms with Gasteiger partial charge in [0.25, 0.3) is 0 Å². The third-order valence-corrected chi connectivity index (χ3v) is 6.88. The first kappa shape index (κ1) is 9.41. The molecule has 0 aromatic rings. The van der Waals surface area contributed by atoms with Crippen molar-refractivity contribution in [2.45, 2.75) is 10.9 Å². The van der Waals surface area contributed by atoms with Gasteiger partial charge in [-0.25, -0.2) is 0 Å². The monoisotopic (exact) mass is 280 g/mol. The third-order valence-electron chi connectivity index (χ3n) is 0.632. The number of hydrogen-bond donors (Lipinski definition) is 0. The van der Waals surface area contributed by atoms with Gasteiger partial charge in [0, 0.05) is 0 Å². The van der Waals surface area contributed by atoms with Gasteiger partial charge in [-0.1, -0.05) is 0 Å². The van der Waals surface area contributed by atoms with Gasteiger partial charge in [0.2, 0.25) is 0 Å². The molecule has 0 nitrogen and oxygen atoms in total. The molecular weight excluding hydrogens is 273 g/mol. The Morgan fingerprint density at radius 1 is 1.38 bits per heavy atom. The van der Waals surface area contributed by atoms with Crippen LogP contribution in [0.4, 0.5) is 0 Å². The molecular formula is C4H7Cl3Sn. The Labute approximate surface area is 64.8 Å². The van der Waals surface area contributed by atoms with Crippen molar-refractivity contribution in [3.63, 3.8) is 0 Å². The number of halogens is 3. The Hall–Kier alpha value is 1.41. The molecule has 4 heteroatoms. The van der Waals surface area contributed by atoms with Crippen molar-refractivity contribution in [3.05, 3.63) is 12.7 Å².